The Morgan fingerprint density at radius 1 is 0.775 bits per heavy atom. The largest absolute Gasteiger partial charge is 0.378 e. The van der Waals surface area contributed by atoms with Gasteiger partial charge in [0.05, 0.1) is 37.0 Å². The van der Waals surface area contributed by atoms with Crippen molar-refractivity contribution in [2.75, 3.05) is 64.4 Å². The Labute approximate surface area is 234 Å². The summed E-state index contributed by atoms with van der Waals surface area (Å²) in [6.07, 6.45) is 2.59. The van der Waals surface area contributed by atoms with Gasteiger partial charge in [-0.25, -0.2) is 4.68 Å². The maximum Gasteiger partial charge on any atom is 0.227 e. The Bertz CT molecular complexity index is 1480. The number of aromatic nitrogens is 2. The Morgan fingerprint density at radius 2 is 1.45 bits per heavy atom. The molecule has 3 aromatic carbocycles. The summed E-state index contributed by atoms with van der Waals surface area (Å²) in [6.45, 7) is 6.67. The molecule has 40 heavy (non-hydrogen) atoms. The molecule has 0 radical (unpaired) electrons. The number of Topliss-reactive ketones (excluding diaryl/α,β-unsaturated/α-hetero) is 1. The maximum absolute atomic E-state index is 13.0. The number of likely N-dealkylation sites (N-methyl/N-ethyl adjacent to an activating group) is 1. The number of ketones is 1. The summed E-state index contributed by atoms with van der Waals surface area (Å²) < 4.78 is 7.33. The standard InChI is InChI=1S/C32H35N5O3/c1-34-12-14-36(15-13-34)32(39)22-24-2-7-29(8-3-24)37-30-11-4-25(20-27(30)23-33-37)21-31(38)26-5-9-28(10-6-26)35-16-18-40-19-17-35/h2-11,20,23H,12-19,21-22H2,1H3. The highest BCUT2D eigenvalue weighted by atomic mass is 16.5. The normalized spacial score (nSPS) is 16.4. The second-order valence-corrected chi connectivity index (χ2v) is 10.7. The number of carbonyl (C=O) groups is 2. The molecule has 0 N–H and O–H groups in total. The van der Waals surface area contributed by atoms with Crippen LogP contribution in [0, 0.1) is 0 Å². The van der Waals surface area contributed by atoms with Crippen LogP contribution in [0.25, 0.3) is 16.6 Å². The molecule has 4 aromatic rings. The quantitative estimate of drug-likeness (QED) is 0.336. The Balaban J connectivity index is 1.10. The van der Waals surface area contributed by atoms with Crippen LogP contribution in [-0.2, 0) is 22.4 Å². The van der Waals surface area contributed by atoms with Crippen LogP contribution in [0.3, 0.4) is 0 Å². The summed E-state index contributed by atoms with van der Waals surface area (Å²) in [5.74, 6) is 0.280. The van der Waals surface area contributed by atoms with Gasteiger partial charge >= 0.3 is 0 Å². The molecule has 1 aromatic heterocycles. The van der Waals surface area contributed by atoms with E-state index in [1.807, 2.05) is 82.5 Å². The number of ether oxygens (including phenoxy) is 1. The molecule has 2 fully saturated rings. The van der Waals surface area contributed by atoms with Crippen LogP contribution in [0.4, 0.5) is 5.69 Å². The van der Waals surface area contributed by atoms with E-state index in [0.717, 1.165) is 91.5 Å². The van der Waals surface area contributed by atoms with Crippen molar-refractivity contribution in [3.8, 4) is 5.69 Å². The monoisotopic (exact) mass is 537 g/mol. The molecule has 0 bridgehead atoms. The van der Waals surface area contributed by atoms with Crippen LogP contribution in [0.15, 0.2) is 72.9 Å². The van der Waals surface area contributed by atoms with Gasteiger partial charge in [0.15, 0.2) is 5.78 Å². The van der Waals surface area contributed by atoms with Crippen LogP contribution in [0.2, 0.25) is 0 Å². The third kappa shape index (κ3) is 5.78. The van der Waals surface area contributed by atoms with E-state index in [2.05, 4.69) is 21.9 Å². The summed E-state index contributed by atoms with van der Waals surface area (Å²) in [5, 5.41) is 5.60. The van der Waals surface area contributed by atoms with Gasteiger partial charge in [0, 0.05) is 62.3 Å². The number of benzene rings is 3. The molecule has 8 nitrogen and oxygen atoms in total. The number of carbonyl (C=O) groups excluding carboxylic acids is 2. The number of piperazine rings is 1. The second-order valence-electron chi connectivity index (χ2n) is 10.7. The number of hydrogen-bond donors (Lipinski definition) is 0. The number of fused-ring (bicyclic) bond motifs is 1. The van der Waals surface area contributed by atoms with E-state index >= 15 is 0 Å². The first-order chi connectivity index (χ1) is 19.5. The number of nitrogens with zero attached hydrogens (tertiary/aromatic N) is 5. The van der Waals surface area contributed by atoms with Crippen molar-refractivity contribution in [3.63, 3.8) is 0 Å². The first-order valence-corrected chi connectivity index (χ1v) is 14.0. The zero-order valence-corrected chi connectivity index (χ0v) is 23.0. The van der Waals surface area contributed by atoms with E-state index in [1.54, 1.807) is 0 Å². The summed E-state index contributed by atoms with van der Waals surface area (Å²) in [5.41, 5.74) is 5.74. The molecule has 0 aliphatic carbocycles. The molecule has 0 spiro atoms. The van der Waals surface area contributed by atoms with Gasteiger partial charge in [-0.2, -0.15) is 5.10 Å². The number of hydrogen-bond acceptors (Lipinski definition) is 6. The van der Waals surface area contributed by atoms with Gasteiger partial charge in [0.1, 0.15) is 0 Å². The molecule has 2 aliphatic rings. The fraction of sp³-hybridized carbons (Fsp3) is 0.344. The van der Waals surface area contributed by atoms with E-state index in [-0.39, 0.29) is 11.7 Å². The minimum atomic E-state index is 0.0991. The third-order valence-corrected chi connectivity index (χ3v) is 7.95. The summed E-state index contributed by atoms with van der Waals surface area (Å²) in [7, 11) is 2.09. The highest BCUT2D eigenvalue weighted by molar-refractivity contribution is 5.98. The molecule has 1 amide bonds. The van der Waals surface area contributed by atoms with Crippen LogP contribution < -0.4 is 4.90 Å². The Morgan fingerprint density at radius 3 is 2.17 bits per heavy atom. The highest BCUT2D eigenvalue weighted by Gasteiger charge is 2.19. The lowest BCUT2D eigenvalue weighted by molar-refractivity contribution is -0.132. The van der Waals surface area contributed by atoms with Crippen molar-refractivity contribution in [1.29, 1.82) is 0 Å². The summed E-state index contributed by atoms with van der Waals surface area (Å²) >= 11 is 0. The zero-order valence-electron chi connectivity index (χ0n) is 23.0. The van der Waals surface area contributed by atoms with Crippen molar-refractivity contribution in [2.24, 2.45) is 0 Å². The average Bonchev–Trinajstić information content (AvgIpc) is 3.42. The lowest BCUT2D eigenvalue weighted by Gasteiger charge is -2.32. The van der Waals surface area contributed by atoms with Gasteiger partial charge in [-0.05, 0) is 66.7 Å². The summed E-state index contributed by atoms with van der Waals surface area (Å²) in [6, 6.07) is 22.0. The minimum Gasteiger partial charge on any atom is -0.378 e. The van der Waals surface area contributed by atoms with Crippen LogP contribution in [-0.4, -0.2) is 90.8 Å². The fourth-order valence-electron chi connectivity index (χ4n) is 5.46. The van der Waals surface area contributed by atoms with E-state index < -0.39 is 0 Å². The molecule has 0 saturated carbocycles. The lowest BCUT2D eigenvalue weighted by atomic mass is 10.0. The number of morpholine rings is 1. The molecule has 6 rings (SSSR count). The van der Waals surface area contributed by atoms with E-state index in [9.17, 15) is 9.59 Å². The molecular formula is C32H35N5O3. The first-order valence-electron chi connectivity index (χ1n) is 14.0. The van der Waals surface area contributed by atoms with E-state index in [1.165, 1.54) is 0 Å². The predicted octanol–water partition coefficient (Wildman–Crippen LogP) is 3.60. The molecule has 2 saturated heterocycles. The Hall–Kier alpha value is -4.01. The second kappa shape index (κ2) is 11.6. The van der Waals surface area contributed by atoms with Crippen LogP contribution in [0.1, 0.15) is 21.5 Å². The number of anilines is 1. The molecule has 0 atom stereocenters. The van der Waals surface area contributed by atoms with Crippen LogP contribution >= 0.6 is 0 Å². The lowest BCUT2D eigenvalue weighted by Crippen LogP contribution is -2.47. The van der Waals surface area contributed by atoms with Gasteiger partial charge in [-0.1, -0.05) is 18.2 Å². The molecule has 2 aliphatic heterocycles. The Kier molecular flexibility index (Phi) is 7.62. The molecular weight excluding hydrogens is 502 g/mol. The van der Waals surface area contributed by atoms with E-state index in [0.29, 0.717) is 12.8 Å². The minimum absolute atomic E-state index is 0.0991. The SMILES string of the molecule is CN1CCN(C(=O)Cc2ccc(-n3ncc4cc(CC(=O)c5ccc(N6CCOCC6)cc5)ccc43)cc2)CC1. The van der Waals surface area contributed by atoms with Gasteiger partial charge in [-0.15, -0.1) is 0 Å². The average molecular weight is 538 g/mol. The topological polar surface area (TPSA) is 70.9 Å². The zero-order chi connectivity index (χ0) is 27.5. The molecule has 8 heteroatoms. The van der Waals surface area contributed by atoms with Gasteiger partial charge in [0.2, 0.25) is 5.91 Å². The first kappa shape index (κ1) is 26.2. The third-order valence-electron chi connectivity index (χ3n) is 7.95. The number of amides is 1. The van der Waals surface area contributed by atoms with Crippen molar-refractivity contribution >= 4 is 28.3 Å². The molecule has 206 valence electrons. The van der Waals surface area contributed by atoms with Crippen molar-refractivity contribution in [2.45, 2.75) is 12.8 Å². The van der Waals surface area contributed by atoms with Crippen molar-refractivity contribution in [1.82, 2.24) is 19.6 Å². The molecule has 3 heterocycles. The smallest absolute Gasteiger partial charge is 0.227 e. The fourth-order valence-corrected chi connectivity index (χ4v) is 5.46. The maximum atomic E-state index is 13.0. The number of rotatable bonds is 7. The summed E-state index contributed by atoms with van der Waals surface area (Å²) in [4.78, 5) is 32.2. The molecule has 0 unspecified atom stereocenters. The van der Waals surface area contributed by atoms with Crippen molar-refractivity contribution < 1.29 is 14.3 Å². The highest BCUT2D eigenvalue weighted by Crippen LogP contribution is 2.22. The van der Waals surface area contributed by atoms with Gasteiger partial charge in [0.25, 0.3) is 0 Å². The van der Waals surface area contributed by atoms with Gasteiger partial charge < -0.3 is 19.4 Å². The van der Waals surface area contributed by atoms with Crippen LogP contribution in [0.5, 0.6) is 0 Å². The van der Waals surface area contributed by atoms with E-state index in [4.69, 9.17) is 4.74 Å². The van der Waals surface area contributed by atoms with Crippen molar-refractivity contribution in [3.05, 3.63) is 89.6 Å². The van der Waals surface area contributed by atoms with Gasteiger partial charge in [-0.3, -0.25) is 9.59 Å². The predicted molar refractivity (Wildman–Crippen MR) is 156 cm³/mol.